The summed E-state index contributed by atoms with van der Waals surface area (Å²) in [5.74, 6) is 1.58. The number of hydrogen-bond donors (Lipinski definition) is 0. The van der Waals surface area contributed by atoms with Crippen LogP contribution in [0.5, 0.6) is 11.5 Å². The Labute approximate surface area is 188 Å². The Balaban J connectivity index is 1.38. The maximum absolute atomic E-state index is 6.31. The van der Waals surface area contributed by atoms with Crippen LogP contribution < -0.4 is 14.4 Å². The predicted molar refractivity (Wildman–Crippen MR) is 126 cm³/mol. The zero-order chi connectivity index (χ0) is 20.9. The van der Waals surface area contributed by atoms with E-state index in [4.69, 9.17) is 21.1 Å². The van der Waals surface area contributed by atoms with Crippen LogP contribution in [-0.4, -0.2) is 20.8 Å². The van der Waals surface area contributed by atoms with E-state index in [1.54, 1.807) is 14.2 Å². The molecule has 0 aromatic heterocycles. The fraction of sp³-hybridized carbons (Fsp3) is 0.280. The Morgan fingerprint density at radius 2 is 1.60 bits per heavy atom. The minimum absolute atomic E-state index is 0.778. The van der Waals surface area contributed by atoms with Crippen LogP contribution in [0.25, 0.3) is 0 Å². The number of benzene rings is 3. The second kappa shape index (κ2) is 9.67. The number of aryl methyl sites for hydroxylation is 1. The molecule has 0 bridgehead atoms. The maximum atomic E-state index is 6.31. The molecule has 3 aromatic carbocycles. The molecule has 4 rings (SSSR count). The standard InChI is InChI=1S/C25H26ClNO2S/c1-28-22-13-11-18(16-23(22)29-2)8-4-3-7-15-27-20-9-5-6-10-24(20)30-25-14-12-19(26)17-21(25)27/h5-6,9-14,16-17H,3-4,7-8,15H2,1-2H3. The van der Waals surface area contributed by atoms with Gasteiger partial charge in [-0.05, 0) is 67.3 Å². The summed E-state index contributed by atoms with van der Waals surface area (Å²) in [7, 11) is 3.35. The lowest BCUT2D eigenvalue weighted by atomic mass is 10.1. The summed E-state index contributed by atoms with van der Waals surface area (Å²) in [6.45, 7) is 0.983. The van der Waals surface area contributed by atoms with Crippen LogP contribution >= 0.6 is 23.4 Å². The highest BCUT2D eigenvalue weighted by Gasteiger charge is 2.22. The topological polar surface area (TPSA) is 21.7 Å². The van der Waals surface area contributed by atoms with Gasteiger partial charge in [-0.15, -0.1) is 0 Å². The van der Waals surface area contributed by atoms with E-state index in [9.17, 15) is 0 Å². The number of methoxy groups -OCH3 is 2. The van der Waals surface area contributed by atoms with Gasteiger partial charge in [0.15, 0.2) is 11.5 Å². The van der Waals surface area contributed by atoms with Crippen molar-refractivity contribution in [2.75, 3.05) is 25.7 Å². The van der Waals surface area contributed by atoms with Crippen LogP contribution in [0.2, 0.25) is 5.02 Å². The van der Waals surface area contributed by atoms with Gasteiger partial charge >= 0.3 is 0 Å². The normalized spacial score (nSPS) is 12.3. The van der Waals surface area contributed by atoms with E-state index >= 15 is 0 Å². The molecular weight excluding hydrogens is 414 g/mol. The lowest BCUT2D eigenvalue weighted by Gasteiger charge is -2.33. The van der Waals surface area contributed by atoms with E-state index in [1.165, 1.54) is 26.7 Å². The number of fused-ring (bicyclic) bond motifs is 2. The third kappa shape index (κ3) is 4.55. The summed E-state index contributed by atoms with van der Waals surface area (Å²) in [6, 6.07) is 21.0. The SMILES string of the molecule is COc1ccc(CCCCCN2c3ccccc3Sc3ccc(Cl)cc32)cc1OC. The molecule has 0 unspecified atom stereocenters. The highest BCUT2D eigenvalue weighted by molar-refractivity contribution is 7.99. The van der Waals surface area contributed by atoms with Gasteiger partial charge in [-0.3, -0.25) is 0 Å². The monoisotopic (exact) mass is 439 g/mol. The molecule has 1 heterocycles. The van der Waals surface area contributed by atoms with Gasteiger partial charge in [0, 0.05) is 21.4 Å². The summed E-state index contributed by atoms with van der Waals surface area (Å²) in [5, 5.41) is 0.784. The van der Waals surface area contributed by atoms with Crippen molar-refractivity contribution in [2.24, 2.45) is 0 Å². The van der Waals surface area contributed by atoms with E-state index in [-0.39, 0.29) is 0 Å². The number of para-hydroxylation sites is 1. The lowest BCUT2D eigenvalue weighted by Crippen LogP contribution is -2.22. The predicted octanol–water partition coefficient (Wildman–Crippen LogP) is 7.37. The molecule has 3 aromatic rings. The van der Waals surface area contributed by atoms with Gasteiger partial charge in [0.25, 0.3) is 0 Å². The molecule has 0 aliphatic carbocycles. The van der Waals surface area contributed by atoms with Gasteiger partial charge in [-0.1, -0.05) is 48.0 Å². The Morgan fingerprint density at radius 1 is 0.800 bits per heavy atom. The van der Waals surface area contributed by atoms with Crippen LogP contribution in [-0.2, 0) is 6.42 Å². The molecule has 5 heteroatoms. The molecule has 0 spiro atoms. The minimum atomic E-state index is 0.778. The summed E-state index contributed by atoms with van der Waals surface area (Å²) in [6.07, 6.45) is 4.46. The van der Waals surface area contributed by atoms with E-state index in [0.29, 0.717) is 0 Å². The number of anilines is 2. The van der Waals surface area contributed by atoms with E-state index in [0.717, 1.165) is 48.7 Å². The average molecular weight is 440 g/mol. The van der Waals surface area contributed by atoms with Crippen molar-refractivity contribution < 1.29 is 9.47 Å². The molecular formula is C25H26ClNO2S. The first-order valence-electron chi connectivity index (χ1n) is 10.2. The van der Waals surface area contributed by atoms with Crippen molar-refractivity contribution in [3.05, 3.63) is 71.2 Å². The Morgan fingerprint density at radius 3 is 2.43 bits per heavy atom. The van der Waals surface area contributed by atoms with Gasteiger partial charge in [0.1, 0.15) is 0 Å². The third-order valence-electron chi connectivity index (χ3n) is 5.38. The third-order valence-corrected chi connectivity index (χ3v) is 6.75. The van der Waals surface area contributed by atoms with E-state index in [2.05, 4.69) is 53.4 Å². The average Bonchev–Trinajstić information content (AvgIpc) is 2.78. The van der Waals surface area contributed by atoms with Gasteiger partial charge in [0.2, 0.25) is 0 Å². The van der Waals surface area contributed by atoms with Gasteiger partial charge in [-0.2, -0.15) is 0 Å². The zero-order valence-electron chi connectivity index (χ0n) is 17.4. The molecule has 1 aliphatic rings. The number of halogens is 1. The van der Waals surface area contributed by atoms with E-state index in [1.807, 2.05) is 23.9 Å². The van der Waals surface area contributed by atoms with Crippen LogP contribution in [0.4, 0.5) is 11.4 Å². The molecule has 0 atom stereocenters. The number of ether oxygens (including phenoxy) is 2. The molecule has 30 heavy (non-hydrogen) atoms. The molecule has 0 saturated carbocycles. The quantitative estimate of drug-likeness (QED) is 0.341. The van der Waals surface area contributed by atoms with Crippen molar-refractivity contribution in [1.82, 2.24) is 0 Å². The first-order chi connectivity index (χ1) is 14.7. The van der Waals surface area contributed by atoms with Crippen molar-refractivity contribution in [3.8, 4) is 11.5 Å². The lowest BCUT2D eigenvalue weighted by molar-refractivity contribution is 0.354. The Kier molecular flexibility index (Phi) is 6.76. The highest BCUT2D eigenvalue weighted by Crippen LogP contribution is 2.48. The van der Waals surface area contributed by atoms with Crippen molar-refractivity contribution in [2.45, 2.75) is 35.5 Å². The Hall–Kier alpha value is -2.30. The van der Waals surface area contributed by atoms with Gasteiger partial charge < -0.3 is 14.4 Å². The smallest absolute Gasteiger partial charge is 0.160 e. The fourth-order valence-corrected chi connectivity index (χ4v) is 5.10. The first kappa shape index (κ1) is 21.0. The molecule has 0 saturated heterocycles. The molecule has 0 amide bonds. The molecule has 0 fully saturated rings. The summed E-state index contributed by atoms with van der Waals surface area (Å²) in [5.41, 5.74) is 3.77. The minimum Gasteiger partial charge on any atom is -0.493 e. The van der Waals surface area contributed by atoms with Gasteiger partial charge in [-0.25, -0.2) is 0 Å². The number of hydrogen-bond acceptors (Lipinski definition) is 4. The summed E-state index contributed by atoms with van der Waals surface area (Å²) >= 11 is 8.13. The summed E-state index contributed by atoms with van der Waals surface area (Å²) < 4.78 is 10.7. The number of rotatable bonds is 8. The van der Waals surface area contributed by atoms with Crippen LogP contribution in [0.15, 0.2) is 70.5 Å². The molecule has 156 valence electrons. The van der Waals surface area contributed by atoms with E-state index < -0.39 is 0 Å². The first-order valence-corrected chi connectivity index (χ1v) is 11.4. The van der Waals surface area contributed by atoms with Crippen molar-refractivity contribution in [3.63, 3.8) is 0 Å². The summed E-state index contributed by atoms with van der Waals surface area (Å²) in [4.78, 5) is 4.99. The maximum Gasteiger partial charge on any atom is 0.160 e. The number of unbranched alkanes of at least 4 members (excludes halogenated alkanes) is 2. The molecule has 1 aliphatic heterocycles. The van der Waals surface area contributed by atoms with Crippen LogP contribution in [0.3, 0.4) is 0 Å². The molecule has 0 radical (unpaired) electrons. The van der Waals surface area contributed by atoms with Crippen LogP contribution in [0.1, 0.15) is 24.8 Å². The van der Waals surface area contributed by atoms with Crippen LogP contribution in [0, 0.1) is 0 Å². The zero-order valence-corrected chi connectivity index (χ0v) is 18.9. The Bertz CT molecular complexity index is 1020. The van der Waals surface area contributed by atoms with Gasteiger partial charge in [0.05, 0.1) is 25.6 Å². The second-order valence-electron chi connectivity index (χ2n) is 7.33. The van der Waals surface area contributed by atoms with Crippen molar-refractivity contribution >= 4 is 34.7 Å². The second-order valence-corrected chi connectivity index (χ2v) is 8.85. The molecule has 3 nitrogen and oxygen atoms in total. The highest BCUT2D eigenvalue weighted by atomic mass is 35.5. The number of nitrogens with zero attached hydrogens (tertiary/aromatic N) is 1. The van der Waals surface area contributed by atoms with Crippen molar-refractivity contribution in [1.29, 1.82) is 0 Å². The largest absolute Gasteiger partial charge is 0.493 e. The molecule has 0 N–H and O–H groups in total. The fourth-order valence-electron chi connectivity index (χ4n) is 3.86.